The molecule has 8 nitrogen and oxygen atoms in total. The molecule has 130 valence electrons. The second-order valence-electron chi connectivity index (χ2n) is 5.55. The van der Waals surface area contributed by atoms with Crippen LogP contribution >= 0.6 is 0 Å². The molecule has 1 N–H and O–H groups in total. The number of aryl methyl sites for hydroxylation is 1. The molecule has 0 atom stereocenters. The van der Waals surface area contributed by atoms with Crippen LogP contribution in [0.2, 0.25) is 0 Å². The quantitative estimate of drug-likeness (QED) is 0.713. The van der Waals surface area contributed by atoms with Crippen molar-refractivity contribution >= 4 is 16.7 Å². The van der Waals surface area contributed by atoms with Gasteiger partial charge in [-0.3, -0.25) is 0 Å². The molecular weight excluding hydrogens is 342 g/mol. The van der Waals surface area contributed by atoms with Gasteiger partial charge in [0.1, 0.15) is 40.7 Å². The van der Waals surface area contributed by atoms with Crippen LogP contribution < -0.4 is 10.1 Å². The molecular formula is C19H13N7O. The molecule has 8 heteroatoms. The van der Waals surface area contributed by atoms with Gasteiger partial charge >= 0.3 is 0 Å². The van der Waals surface area contributed by atoms with Crippen LogP contribution in [0.25, 0.3) is 16.7 Å². The average Bonchev–Trinajstić information content (AvgIpc) is 3.10. The maximum Gasteiger partial charge on any atom is 0.163 e. The van der Waals surface area contributed by atoms with Crippen LogP contribution in [0, 0.1) is 40.9 Å². The summed E-state index contributed by atoms with van der Waals surface area (Å²) >= 11 is 0. The number of benzene rings is 2. The average molecular weight is 355 g/mol. The predicted octanol–water partition coefficient (Wildman–Crippen LogP) is 2.97. The SMILES string of the molecule is COc1ccc(-n2nc3cc(C)c(NC(C#N)=C(C#N)C#N)cc3n2)cc1. The molecule has 0 aliphatic heterocycles. The summed E-state index contributed by atoms with van der Waals surface area (Å²) in [6, 6.07) is 16.1. The van der Waals surface area contributed by atoms with Crippen LogP contribution in [0.15, 0.2) is 47.7 Å². The van der Waals surface area contributed by atoms with E-state index in [0.717, 1.165) is 17.0 Å². The standard InChI is InChI=1S/C19H13N7O/c1-12-7-17-18(8-16(12)23-19(11-22)13(9-20)10-21)25-26(24-17)14-3-5-15(27-2)6-4-14/h3-8,23H,1-2H3. The first-order chi connectivity index (χ1) is 13.1. The van der Waals surface area contributed by atoms with E-state index < -0.39 is 0 Å². The first-order valence-corrected chi connectivity index (χ1v) is 7.83. The minimum atomic E-state index is -0.279. The number of anilines is 1. The third-order valence-electron chi connectivity index (χ3n) is 3.87. The number of rotatable bonds is 4. The highest BCUT2D eigenvalue weighted by atomic mass is 16.5. The fraction of sp³-hybridized carbons (Fsp3) is 0.105. The van der Waals surface area contributed by atoms with Crippen molar-refractivity contribution in [3.8, 4) is 29.6 Å². The molecule has 1 heterocycles. The summed E-state index contributed by atoms with van der Waals surface area (Å²) in [4.78, 5) is 1.50. The van der Waals surface area contributed by atoms with Gasteiger partial charge in [-0.25, -0.2) is 0 Å². The van der Waals surface area contributed by atoms with Crippen molar-refractivity contribution in [1.29, 1.82) is 15.8 Å². The summed E-state index contributed by atoms with van der Waals surface area (Å²) in [5.74, 6) is 0.736. The summed E-state index contributed by atoms with van der Waals surface area (Å²) < 4.78 is 5.15. The number of ether oxygens (including phenoxy) is 1. The number of nitrogens with one attached hydrogen (secondary N) is 1. The lowest BCUT2D eigenvalue weighted by Gasteiger charge is -2.07. The normalized spacial score (nSPS) is 9.74. The number of nitrogens with zero attached hydrogens (tertiary/aromatic N) is 6. The molecule has 27 heavy (non-hydrogen) atoms. The van der Waals surface area contributed by atoms with Crippen LogP contribution in [-0.2, 0) is 0 Å². The van der Waals surface area contributed by atoms with E-state index in [2.05, 4.69) is 15.5 Å². The van der Waals surface area contributed by atoms with Gasteiger partial charge in [0.15, 0.2) is 5.57 Å². The van der Waals surface area contributed by atoms with Gasteiger partial charge in [0.2, 0.25) is 0 Å². The van der Waals surface area contributed by atoms with E-state index in [-0.39, 0.29) is 11.3 Å². The molecule has 0 aliphatic rings. The number of hydrogen-bond acceptors (Lipinski definition) is 7. The molecule has 0 saturated heterocycles. The van der Waals surface area contributed by atoms with Gasteiger partial charge in [-0.15, -0.1) is 10.2 Å². The topological polar surface area (TPSA) is 123 Å². The van der Waals surface area contributed by atoms with Gasteiger partial charge in [-0.2, -0.15) is 20.6 Å². The highest BCUT2D eigenvalue weighted by Gasteiger charge is 2.12. The summed E-state index contributed by atoms with van der Waals surface area (Å²) in [5.41, 5.74) is 3.04. The van der Waals surface area contributed by atoms with E-state index >= 15 is 0 Å². The van der Waals surface area contributed by atoms with E-state index in [9.17, 15) is 5.26 Å². The second kappa shape index (κ2) is 7.26. The Morgan fingerprint density at radius 2 is 1.63 bits per heavy atom. The third kappa shape index (κ3) is 3.39. The van der Waals surface area contributed by atoms with E-state index in [1.807, 2.05) is 43.3 Å². The Balaban J connectivity index is 2.02. The van der Waals surface area contributed by atoms with Crippen LogP contribution in [0.5, 0.6) is 5.75 Å². The van der Waals surface area contributed by atoms with Crippen LogP contribution in [0.4, 0.5) is 5.69 Å². The highest BCUT2D eigenvalue weighted by molar-refractivity contribution is 5.81. The van der Waals surface area contributed by atoms with E-state index in [1.54, 1.807) is 25.3 Å². The number of nitriles is 3. The lowest BCUT2D eigenvalue weighted by molar-refractivity contribution is 0.414. The lowest BCUT2D eigenvalue weighted by Crippen LogP contribution is -2.02. The van der Waals surface area contributed by atoms with Crippen molar-refractivity contribution in [1.82, 2.24) is 15.0 Å². The number of methoxy groups -OCH3 is 1. The van der Waals surface area contributed by atoms with Crippen LogP contribution in [-0.4, -0.2) is 22.1 Å². The Kier molecular flexibility index (Phi) is 4.70. The molecule has 2 aromatic carbocycles. The van der Waals surface area contributed by atoms with Gasteiger partial charge < -0.3 is 10.1 Å². The molecule has 3 aromatic rings. The highest BCUT2D eigenvalue weighted by Crippen LogP contribution is 2.24. The minimum Gasteiger partial charge on any atom is -0.497 e. The first kappa shape index (κ1) is 17.5. The first-order valence-electron chi connectivity index (χ1n) is 7.83. The Hall–Kier alpha value is -4.35. The number of allylic oxidation sites excluding steroid dienone is 2. The Labute approximate surface area is 155 Å². The summed E-state index contributed by atoms with van der Waals surface area (Å²) in [5, 5.41) is 38.9. The van der Waals surface area contributed by atoms with Gasteiger partial charge in [0, 0.05) is 5.69 Å². The summed E-state index contributed by atoms with van der Waals surface area (Å²) in [6.07, 6.45) is 0. The van der Waals surface area contributed by atoms with Gasteiger partial charge in [0.25, 0.3) is 0 Å². The van der Waals surface area contributed by atoms with E-state index in [0.29, 0.717) is 16.7 Å². The largest absolute Gasteiger partial charge is 0.497 e. The van der Waals surface area contributed by atoms with Gasteiger partial charge in [-0.05, 0) is 48.9 Å². The van der Waals surface area contributed by atoms with Gasteiger partial charge in [-0.1, -0.05) is 0 Å². The summed E-state index contributed by atoms with van der Waals surface area (Å²) in [6.45, 7) is 1.83. The molecule has 0 radical (unpaired) electrons. The van der Waals surface area contributed by atoms with Crippen molar-refractivity contribution in [3.63, 3.8) is 0 Å². The lowest BCUT2D eigenvalue weighted by atomic mass is 10.1. The zero-order chi connectivity index (χ0) is 19.4. The maximum absolute atomic E-state index is 9.20. The van der Waals surface area contributed by atoms with Crippen LogP contribution in [0.3, 0.4) is 0 Å². The van der Waals surface area contributed by atoms with Crippen molar-refractivity contribution in [2.75, 3.05) is 12.4 Å². The minimum absolute atomic E-state index is 0.106. The molecule has 0 fully saturated rings. The zero-order valence-corrected chi connectivity index (χ0v) is 14.6. The van der Waals surface area contributed by atoms with Crippen molar-refractivity contribution in [3.05, 3.63) is 53.2 Å². The van der Waals surface area contributed by atoms with Crippen molar-refractivity contribution in [2.45, 2.75) is 6.92 Å². The third-order valence-corrected chi connectivity index (χ3v) is 3.87. The van der Waals surface area contributed by atoms with Gasteiger partial charge in [0.05, 0.1) is 12.8 Å². The molecule has 0 saturated carbocycles. The second-order valence-corrected chi connectivity index (χ2v) is 5.55. The Morgan fingerprint density at radius 1 is 1.00 bits per heavy atom. The Bertz CT molecular complexity index is 1150. The molecule has 3 rings (SSSR count). The molecule has 0 bridgehead atoms. The molecule has 0 amide bonds. The number of hydrogen-bond donors (Lipinski definition) is 1. The van der Waals surface area contributed by atoms with Crippen molar-refractivity contribution in [2.24, 2.45) is 0 Å². The fourth-order valence-corrected chi connectivity index (χ4v) is 2.45. The number of aromatic nitrogens is 3. The van der Waals surface area contributed by atoms with Crippen LogP contribution in [0.1, 0.15) is 5.56 Å². The summed E-state index contributed by atoms with van der Waals surface area (Å²) in [7, 11) is 1.60. The zero-order valence-electron chi connectivity index (χ0n) is 14.6. The maximum atomic E-state index is 9.20. The number of fused-ring (bicyclic) bond motifs is 1. The van der Waals surface area contributed by atoms with E-state index in [4.69, 9.17) is 15.3 Å². The van der Waals surface area contributed by atoms with Crippen molar-refractivity contribution < 1.29 is 4.74 Å². The van der Waals surface area contributed by atoms with E-state index in [1.165, 1.54) is 4.80 Å². The predicted molar refractivity (Wildman–Crippen MR) is 97.6 cm³/mol. The Morgan fingerprint density at radius 3 is 2.19 bits per heavy atom. The smallest absolute Gasteiger partial charge is 0.163 e. The molecule has 1 aromatic heterocycles. The fourth-order valence-electron chi connectivity index (χ4n) is 2.45. The molecule has 0 aliphatic carbocycles. The molecule has 0 unspecified atom stereocenters. The molecule has 0 spiro atoms. The monoisotopic (exact) mass is 355 g/mol.